The average molecular weight is 248 g/mol. The highest BCUT2D eigenvalue weighted by molar-refractivity contribution is 7.27. The van der Waals surface area contributed by atoms with Crippen LogP contribution in [-0.2, 0) is 4.84 Å². The molecule has 1 aromatic heterocycles. The van der Waals surface area contributed by atoms with Crippen molar-refractivity contribution >= 4 is 31.5 Å². The molecule has 17 heavy (non-hydrogen) atoms. The molecule has 4 nitrogen and oxygen atoms in total. The van der Waals surface area contributed by atoms with E-state index in [9.17, 15) is 4.79 Å². The summed E-state index contributed by atoms with van der Waals surface area (Å²) in [5, 5.41) is 2.03. The van der Waals surface area contributed by atoms with E-state index in [1.165, 1.54) is 12.2 Å². The smallest absolute Gasteiger partial charge is 0.274 e. The lowest BCUT2D eigenvalue weighted by molar-refractivity contribution is -0.0755. The maximum Gasteiger partial charge on any atom is 0.277 e. The molecule has 0 saturated carbocycles. The number of hydrogen-bond acceptors (Lipinski definition) is 3. The predicted molar refractivity (Wildman–Crippen MR) is 70.2 cm³/mol. The van der Waals surface area contributed by atoms with Crippen molar-refractivity contribution in [2.75, 3.05) is 14.2 Å². The number of fused-ring (bicyclic) bond motifs is 1. The summed E-state index contributed by atoms with van der Waals surface area (Å²) in [6, 6.07) is 9.28. The van der Waals surface area contributed by atoms with Crippen LogP contribution in [0.2, 0.25) is 0 Å². The molecule has 1 heterocycles. The zero-order chi connectivity index (χ0) is 12.4. The minimum absolute atomic E-state index is 0.185. The van der Waals surface area contributed by atoms with E-state index in [-0.39, 0.29) is 5.91 Å². The molecule has 5 heteroatoms. The van der Waals surface area contributed by atoms with Gasteiger partial charge < -0.3 is 0 Å². The second-order valence-electron chi connectivity index (χ2n) is 3.60. The first-order chi connectivity index (χ1) is 8.13. The molecule has 1 amide bonds. The Hall–Kier alpha value is -1.51. The van der Waals surface area contributed by atoms with Crippen LogP contribution in [0.25, 0.3) is 10.9 Å². The molecule has 0 aliphatic rings. The van der Waals surface area contributed by atoms with Gasteiger partial charge in [-0.3, -0.25) is 9.63 Å². The second kappa shape index (κ2) is 4.78. The number of pyridine rings is 1. The molecule has 0 aliphatic heterocycles. The molecule has 0 N–H and O–H groups in total. The molecule has 0 aliphatic carbocycles. The lowest BCUT2D eigenvalue weighted by Gasteiger charge is -2.15. The Balaban J connectivity index is 2.64. The van der Waals surface area contributed by atoms with Crippen molar-refractivity contribution in [1.82, 2.24) is 10.0 Å². The van der Waals surface area contributed by atoms with Crippen molar-refractivity contribution < 1.29 is 9.63 Å². The summed E-state index contributed by atoms with van der Waals surface area (Å²) in [6.07, 6.45) is 0. The van der Waals surface area contributed by atoms with Gasteiger partial charge in [0, 0.05) is 12.4 Å². The number of carbonyl (C=O) groups is 1. The van der Waals surface area contributed by atoms with Crippen LogP contribution in [0.5, 0.6) is 0 Å². The third kappa shape index (κ3) is 2.28. The highest BCUT2D eigenvalue weighted by Crippen LogP contribution is 2.17. The molecular formula is C12H13N2O2P. The van der Waals surface area contributed by atoms with Crippen LogP contribution in [0.3, 0.4) is 0 Å². The summed E-state index contributed by atoms with van der Waals surface area (Å²) in [4.78, 5) is 21.4. The Bertz CT molecular complexity index is 571. The van der Waals surface area contributed by atoms with Gasteiger partial charge in [0.15, 0.2) is 0 Å². The topological polar surface area (TPSA) is 42.4 Å². The third-order valence-corrected chi connectivity index (χ3v) is 2.82. The zero-order valence-corrected chi connectivity index (χ0v) is 10.8. The SMILES string of the molecule is CON(C)C(=O)c1cc(P)nc2ccccc12. The molecule has 1 unspecified atom stereocenters. The minimum atomic E-state index is -0.185. The van der Waals surface area contributed by atoms with Gasteiger partial charge in [-0.05, 0) is 12.1 Å². The van der Waals surface area contributed by atoms with Gasteiger partial charge in [0.2, 0.25) is 0 Å². The molecular weight excluding hydrogens is 235 g/mol. The molecule has 2 aromatic rings. The quantitative estimate of drug-likeness (QED) is 0.595. The number of benzene rings is 1. The fourth-order valence-electron chi connectivity index (χ4n) is 1.63. The maximum atomic E-state index is 12.1. The highest BCUT2D eigenvalue weighted by Gasteiger charge is 2.15. The highest BCUT2D eigenvalue weighted by atomic mass is 31.0. The van der Waals surface area contributed by atoms with Crippen LogP contribution < -0.4 is 5.44 Å². The van der Waals surface area contributed by atoms with Crippen molar-refractivity contribution in [2.24, 2.45) is 0 Å². The van der Waals surface area contributed by atoms with Gasteiger partial charge >= 0.3 is 0 Å². The van der Waals surface area contributed by atoms with Gasteiger partial charge in [-0.1, -0.05) is 27.4 Å². The fourth-order valence-corrected chi connectivity index (χ4v) is 1.93. The number of hydrogen-bond donors (Lipinski definition) is 0. The number of nitrogens with zero attached hydrogens (tertiary/aromatic N) is 2. The van der Waals surface area contributed by atoms with Crippen LogP contribution >= 0.6 is 9.24 Å². The first-order valence-electron chi connectivity index (χ1n) is 5.11. The summed E-state index contributed by atoms with van der Waals surface area (Å²) in [5.41, 5.74) is 2.12. The maximum absolute atomic E-state index is 12.1. The normalized spacial score (nSPS) is 10.5. The van der Waals surface area contributed by atoms with E-state index in [4.69, 9.17) is 4.84 Å². The number of para-hydroxylation sites is 1. The average Bonchev–Trinajstić information content (AvgIpc) is 2.35. The van der Waals surface area contributed by atoms with Gasteiger partial charge in [0.25, 0.3) is 5.91 Å². The summed E-state index contributed by atoms with van der Waals surface area (Å²) >= 11 is 0. The predicted octanol–water partition coefficient (Wildman–Crippen LogP) is 1.37. The van der Waals surface area contributed by atoms with Crippen LogP contribution in [-0.4, -0.2) is 30.1 Å². The summed E-state index contributed by atoms with van der Waals surface area (Å²) in [6.45, 7) is 0. The second-order valence-corrected chi connectivity index (χ2v) is 4.19. The molecule has 1 aromatic carbocycles. The first kappa shape index (κ1) is 12.0. The van der Waals surface area contributed by atoms with Crippen molar-refractivity contribution in [3.8, 4) is 0 Å². The van der Waals surface area contributed by atoms with Gasteiger partial charge in [0.05, 0.1) is 23.6 Å². The Kier molecular flexibility index (Phi) is 3.36. The fraction of sp³-hybridized carbons (Fsp3) is 0.167. The number of rotatable bonds is 2. The van der Waals surface area contributed by atoms with Crippen LogP contribution in [0.1, 0.15) is 10.4 Å². The first-order valence-corrected chi connectivity index (χ1v) is 5.68. The van der Waals surface area contributed by atoms with E-state index in [0.29, 0.717) is 5.56 Å². The van der Waals surface area contributed by atoms with Gasteiger partial charge in [-0.2, -0.15) is 0 Å². The lowest BCUT2D eigenvalue weighted by Crippen LogP contribution is -2.26. The van der Waals surface area contributed by atoms with Crippen LogP contribution in [0.4, 0.5) is 0 Å². The summed E-state index contributed by atoms with van der Waals surface area (Å²) in [5.74, 6) is -0.185. The Morgan fingerprint density at radius 1 is 1.41 bits per heavy atom. The summed E-state index contributed by atoms with van der Waals surface area (Å²) in [7, 11) is 5.55. The van der Waals surface area contributed by atoms with Gasteiger partial charge in [-0.25, -0.2) is 10.0 Å². The van der Waals surface area contributed by atoms with Crippen molar-refractivity contribution in [2.45, 2.75) is 0 Å². The Labute approximate surface area is 102 Å². The third-order valence-electron chi connectivity index (χ3n) is 2.53. The van der Waals surface area contributed by atoms with Gasteiger partial charge in [-0.15, -0.1) is 0 Å². The van der Waals surface area contributed by atoms with Crippen LogP contribution in [0, 0.1) is 0 Å². The molecule has 2 rings (SSSR count). The van der Waals surface area contributed by atoms with E-state index in [0.717, 1.165) is 16.3 Å². The largest absolute Gasteiger partial charge is 0.277 e. The van der Waals surface area contributed by atoms with E-state index in [1.807, 2.05) is 24.3 Å². The van der Waals surface area contributed by atoms with Gasteiger partial charge in [0.1, 0.15) is 0 Å². The minimum Gasteiger partial charge on any atom is -0.274 e. The lowest BCUT2D eigenvalue weighted by atomic mass is 10.1. The van der Waals surface area contributed by atoms with E-state index in [1.54, 1.807) is 13.1 Å². The number of amides is 1. The zero-order valence-electron chi connectivity index (χ0n) is 9.68. The number of hydroxylamine groups is 2. The van der Waals surface area contributed by atoms with Crippen molar-refractivity contribution in [3.63, 3.8) is 0 Å². The summed E-state index contributed by atoms with van der Waals surface area (Å²) < 4.78 is 0. The molecule has 0 fully saturated rings. The standard InChI is InChI=1S/C12H13N2O2P/c1-14(16-2)12(15)9-7-11(17)13-10-6-4-3-5-8(9)10/h3-7H,17H2,1-2H3. The number of aromatic nitrogens is 1. The molecule has 0 radical (unpaired) electrons. The Morgan fingerprint density at radius 2 is 2.12 bits per heavy atom. The number of carbonyl (C=O) groups excluding carboxylic acids is 1. The molecule has 0 spiro atoms. The van der Waals surface area contributed by atoms with E-state index in [2.05, 4.69) is 14.2 Å². The van der Waals surface area contributed by atoms with E-state index < -0.39 is 0 Å². The van der Waals surface area contributed by atoms with Crippen molar-refractivity contribution in [1.29, 1.82) is 0 Å². The van der Waals surface area contributed by atoms with E-state index >= 15 is 0 Å². The van der Waals surface area contributed by atoms with Crippen LogP contribution in [0.15, 0.2) is 30.3 Å². The molecule has 0 bridgehead atoms. The monoisotopic (exact) mass is 248 g/mol. The molecule has 1 atom stereocenters. The Morgan fingerprint density at radius 3 is 2.82 bits per heavy atom. The van der Waals surface area contributed by atoms with Crippen molar-refractivity contribution in [3.05, 3.63) is 35.9 Å². The molecule has 0 saturated heterocycles. The molecule has 88 valence electrons.